The Hall–Kier alpha value is 0.365. The van der Waals surface area contributed by atoms with Crippen LogP contribution in [0.2, 0.25) is 52.4 Å². The molecule has 0 saturated heterocycles. The van der Waals surface area contributed by atoms with Crippen LogP contribution in [0, 0.1) is 17.0 Å². The fourth-order valence-corrected chi connectivity index (χ4v) is 11.5. The van der Waals surface area contributed by atoms with Crippen LogP contribution in [0.25, 0.3) is 0 Å². The van der Waals surface area contributed by atoms with E-state index in [0.717, 1.165) is 6.04 Å². The van der Waals surface area contributed by atoms with Crippen LogP contribution in [-0.2, 0) is 21.7 Å². The summed E-state index contributed by atoms with van der Waals surface area (Å²) in [5.41, 5.74) is 11.6. The minimum atomic E-state index is -1.48. The van der Waals surface area contributed by atoms with Gasteiger partial charge in [-0.15, -0.1) is 11.1 Å². The predicted molar refractivity (Wildman–Crippen MR) is 142 cm³/mol. The molecule has 1 fully saturated rings. The average Bonchev–Trinajstić information content (AvgIpc) is 2.77. The summed E-state index contributed by atoms with van der Waals surface area (Å²) in [7, 11) is -3.67. The van der Waals surface area contributed by atoms with E-state index in [1.54, 1.807) is 21.9 Å². The Labute approximate surface area is 207 Å². The van der Waals surface area contributed by atoms with E-state index in [0.29, 0.717) is 5.92 Å². The summed E-state index contributed by atoms with van der Waals surface area (Å²) in [6, 6.07) is 0.782. The van der Waals surface area contributed by atoms with Gasteiger partial charge >= 0.3 is 0 Å². The molecule has 1 nitrogen and oxygen atoms in total. The van der Waals surface area contributed by atoms with Crippen LogP contribution in [0.3, 0.4) is 0 Å². The summed E-state index contributed by atoms with van der Waals surface area (Å²) >= 11 is 0. The zero-order valence-electron chi connectivity index (χ0n) is 22.2. The van der Waals surface area contributed by atoms with E-state index in [9.17, 15) is 0 Å². The van der Waals surface area contributed by atoms with Crippen molar-refractivity contribution in [3.8, 4) is 11.1 Å². The van der Waals surface area contributed by atoms with Crippen molar-refractivity contribution in [1.82, 2.24) is 4.98 Å². The molecule has 2 rings (SSSR count). The van der Waals surface area contributed by atoms with Crippen molar-refractivity contribution in [2.75, 3.05) is 0 Å². The van der Waals surface area contributed by atoms with Crippen molar-refractivity contribution in [1.29, 1.82) is 0 Å². The molecule has 170 valence electrons. The van der Waals surface area contributed by atoms with Gasteiger partial charge in [0.25, 0.3) is 0 Å². The molecule has 0 aromatic rings. The minimum Gasteiger partial charge on any atom is -0.331 e. The molecule has 0 spiro atoms. The second kappa shape index (κ2) is 12.0. The van der Waals surface area contributed by atoms with Gasteiger partial charge in [0, 0.05) is 27.8 Å². The molecule has 0 bridgehead atoms. The SMILES string of the molecule is CC1=C(C)C(C)C([Si](C)(C)NC2CCCCC2)=C1C.C[Si](C)(C)C#C[Si](C)(C)C.[Ti]. The molecule has 2 aliphatic rings. The van der Waals surface area contributed by atoms with Gasteiger partial charge in [-0.3, -0.25) is 0 Å². The second-order valence-corrected chi connectivity index (χ2v) is 25.5. The maximum atomic E-state index is 4.09. The van der Waals surface area contributed by atoms with Crippen molar-refractivity contribution < 1.29 is 21.7 Å². The van der Waals surface area contributed by atoms with Gasteiger partial charge in [0.2, 0.25) is 0 Å². The Kier molecular flexibility index (Phi) is 12.1. The van der Waals surface area contributed by atoms with Crippen molar-refractivity contribution >= 4 is 24.4 Å². The first-order valence-electron chi connectivity index (χ1n) is 11.8. The molecule has 0 aliphatic heterocycles. The van der Waals surface area contributed by atoms with Gasteiger partial charge in [0.05, 0.1) is 0 Å². The molecular formula is C25H49NSi3Ti. The summed E-state index contributed by atoms with van der Waals surface area (Å²) in [6.45, 7) is 28.2. The van der Waals surface area contributed by atoms with Crippen molar-refractivity contribution in [3.05, 3.63) is 21.9 Å². The molecule has 1 saturated carbocycles. The molecule has 0 aromatic carbocycles. The molecule has 1 atom stereocenters. The first-order valence-corrected chi connectivity index (χ1v) is 21.8. The van der Waals surface area contributed by atoms with Crippen LogP contribution in [-0.4, -0.2) is 30.4 Å². The Morgan fingerprint density at radius 3 is 1.50 bits per heavy atom. The third-order valence-corrected chi connectivity index (χ3v) is 11.6. The van der Waals surface area contributed by atoms with E-state index >= 15 is 0 Å². The van der Waals surface area contributed by atoms with Gasteiger partial charge in [0.1, 0.15) is 24.4 Å². The average molecular weight is 496 g/mol. The molecule has 0 aromatic heterocycles. The van der Waals surface area contributed by atoms with Gasteiger partial charge < -0.3 is 4.98 Å². The fraction of sp³-hybridized carbons (Fsp3) is 0.760. The Balaban J connectivity index is 0.000000658. The topological polar surface area (TPSA) is 12.0 Å². The first kappa shape index (κ1) is 30.4. The number of rotatable bonds is 3. The molecule has 30 heavy (non-hydrogen) atoms. The Morgan fingerprint density at radius 1 is 0.733 bits per heavy atom. The van der Waals surface area contributed by atoms with Gasteiger partial charge in [-0.2, -0.15) is 0 Å². The number of allylic oxidation sites excluding steroid dienone is 4. The van der Waals surface area contributed by atoms with Gasteiger partial charge in [-0.1, -0.05) is 94.9 Å². The van der Waals surface area contributed by atoms with Gasteiger partial charge in [-0.05, 0) is 45.1 Å². The van der Waals surface area contributed by atoms with Crippen LogP contribution in [0.15, 0.2) is 21.9 Å². The van der Waals surface area contributed by atoms with E-state index in [1.807, 2.05) is 0 Å². The van der Waals surface area contributed by atoms with Crippen LogP contribution in [0.4, 0.5) is 0 Å². The van der Waals surface area contributed by atoms with E-state index in [2.05, 4.69) is 96.1 Å². The van der Waals surface area contributed by atoms with E-state index < -0.39 is 24.4 Å². The summed E-state index contributed by atoms with van der Waals surface area (Å²) in [4.78, 5) is 4.09. The van der Waals surface area contributed by atoms with Crippen LogP contribution in [0.1, 0.15) is 59.8 Å². The monoisotopic (exact) mass is 495 g/mol. The molecule has 1 N–H and O–H groups in total. The number of nitrogens with one attached hydrogen (secondary N) is 1. The minimum absolute atomic E-state index is 0. The first-order chi connectivity index (χ1) is 13.1. The van der Waals surface area contributed by atoms with E-state index in [4.69, 9.17) is 0 Å². The van der Waals surface area contributed by atoms with Gasteiger partial charge in [0.15, 0.2) is 0 Å². The van der Waals surface area contributed by atoms with Crippen molar-refractivity contribution in [2.45, 2.75) is 118 Å². The molecular weight excluding hydrogens is 446 g/mol. The smallest absolute Gasteiger partial charge is 0.148 e. The quantitative estimate of drug-likeness (QED) is 0.312. The summed E-state index contributed by atoms with van der Waals surface area (Å²) in [5, 5.41) is 1.76. The Bertz CT molecular complexity index is 673. The fourth-order valence-electron chi connectivity index (χ4n) is 4.58. The zero-order chi connectivity index (χ0) is 22.6. The molecule has 0 amide bonds. The maximum absolute atomic E-state index is 4.09. The maximum Gasteiger partial charge on any atom is 0.148 e. The molecule has 0 radical (unpaired) electrons. The standard InChI is InChI=1S/C17H31NSi.C8H18Si2.Ti/c1-12-13(2)15(4)17(14(12)3)19(5,6)18-16-10-8-7-9-11-16;1-9(2,3)7-8-10(4,5)6;/h14,16,18H,7-11H2,1-6H3;1-6H3;. The van der Waals surface area contributed by atoms with Crippen LogP contribution in [0.5, 0.6) is 0 Å². The normalized spacial score (nSPS) is 20.9. The molecule has 1 unspecified atom stereocenters. The summed E-state index contributed by atoms with van der Waals surface area (Å²) < 4.78 is 0. The van der Waals surface area contributed by atoms with E-state index in [1.165, 1.54) is 32.1 Å². The summed E-state index contributed by atoms with van der Waals surface area (Å²) in [5.74, 6) is 0.665. The van der Waals surface area contributed by atoms with Crippen molar-refractivity contribution in [3.63, 3.8) is 0 Å². The molecule has 0 heterocycles. The molecule has 5 heteroatoms. The predicted octanol–water partition coefficient (Wildman–Crippen LogP) is 7.70. The Morgan fingerprint density at radius 2 is 1.17 bits per heavy atom. The van der Waals surface area contributed by atoms with Gasteiger partial charge in [-0.25, -0.2) is 0 Å². The summed E-state index contributed by atoms with van der Waals surface area (Å²) in [6.07, 6.45) is 7.07. The van der Waals surface area contributed by atoms with Crippen molar-refractivity contribution in [2.24, 2.45) is 5.92 Å². The number of hydrogen-bond donors (Lipinski definition) is 1. The van der Waals surface area contributed by atoms with Crippen LogP contribution >= 0.6 is 0 Å². The molecule has 2 aliphatic carbocycles. The van der Waals surface area contributed by atoms with Crippen LogP contribution < -0.4 is 4.98 Å². The number of hydrogen-bond acceptors (Lipinski definition) is 1. The largest absolute Gasteiger partial charge is 0.331 e. The second-order valence-electron chi connectivity index (χ2n) is 11.9. The zero-order valence-corrected chi connectivity index (χ0v) is 26.8. The third kappa shape index (κ3) is 9.88. The van der Waals surface area contributed by atoms with E-state index in [-0.39, 0.29) is 21.7 Å². The third-order valence-electron chi connectivity index (χ3n) is 6.30.